The van der Waals surface area contributed by atoms with Crippen molar-refractivity contribution < 1.29 is 108 Å². The second kappa shape index (κ2) is 16.4. The van der Waals surface area contributed by atoms with Gasteiger partial charge in [0.1, 0.15) is 0 Å². The summed E-state index contributed by atoms with van der Waals surface area (Å²) in [5, 5.41) is 0. The Morgan fingerprint density at radius 1 is 0.640 bits per heavy atom. The average Bonchev–Trinajstić information content (AvgIpc) is 2.23. The van der Waals surface area contributed by atoms with Gasteiger partial charge in [-0.1, -0.05) is 30.3 Å². The molecule has 0 aliphatic heterocycles. The first-order valence-corrected chi connectivity index (χ1v) is 5.46. The van der Waals surface area contributed by atoms with E-state index < -0.39 is 21.8 Å². The summed E-state index contributed by atoms with van der Waals surface area (Å²) in [7, 11) is -14.7. The van der Waals surface area contributed by atoms with Crippen molar-refractivity contribution in [1.29, 1.82) is 0 Å². The molecule has 0 heterocycles. The number of hydrogen-bond donors (Lipinski definition) is 0. The fraction of sp³-hybridized carbons (Fsp3) is 0.125. The van der Waals surface area contributed by atoms with Crippen molar-refractivity contribution in [2.45, 2.75) is 6.61 Å². The summed E-state index contributed by atoms with van der Waals surface area (Å²) in [5.74, 6) is 0. The van der Waals surface area contributed by atoms with Crippen molar-refractivity contribution >= 4 is 21.8 Å². The second-order valence-electron chi connectivity index (χ2n) is 3.32. The van der Waals surface area contributed by atoms with E-state index >= 15 is 0 Å². The van der Waals surface area contributed by atoms with E-state index in [2.05, 4.69) is 11.8 Å². The largest absolute Gasteiger partial charge is 1.00 e. The molecular weight excluding hydrogens is 412 g/mol. The molecule has 0 atom stereocenters. The maximum atomic E-state index is 9.75. The van der Waals surface area contributed by atoms with E-state index in [1.54, 1.807) is 0 Å². The summed E-state index contributed by atoms with van der Waals surface area (Å²) in [6, 6.07) is 9.95. The first-order chi connectivity index (χ1) is 10.4. The molecule has 1 nitrogen and oxygen atoms in total. The molecule has 1 rings (SSSR count). The molecule has 1 aromatic carbocycles. The summed E-state index contributed by atoms with van der Waals surface area (Å²) in [6.07, 6.45) is 0. The summed E-state index contributed by atoms with van der Waals surface area (Å²) < 4.78 is 122. The molecule has 0 amide bonds. The van der Waals surface area contributed by atoms with Gasteiger partial charge in [-0.3, -0.25) is 0 Å². The molecule has 0 aliphatic carbocycles. The fourth-order valence-corrected chi connectivity index (χ4v) is 0.692. The molecule has 0 saturated heterocycles. The molecule has 25 heavy (non-hydrogen) atoms. The Kier molecular flexibility index (Phi) is 21.5. The Bertz CT molecular complexity index is 350. The molecule has 0 unspecified atom stereocenters. The Labute approximate surface area is 178 Å². The van der Waals surface area contributed by atoms with Crippen LogP contribution >= 0.6 is 0 Å². The summed E-state index contributed by atoms with van der Waals surface area (Å²) in [4.78, 5) is 0. The Balaban J connectivity index is -0.000000122. The number of ether oxygens (including phenoxy) is 1. The van der Waals surface area contributed by atoms with Crippen LogP contribution in [0.25, 0.3) is 0 Å². The smallest absolute Gasteiger partial charge is 0.552 e. The van der Waals surface area contributed by atoms with Crippen LogP contribution in [0.3, 0.4) is 0 Å². The predicted molar refractivity (Wildman–Crippen MR) is 67.1 cm³/mol. The SMILES string of the molecule is F[B-](F)(F)F.F[B-](F)(F)F.F[B-](F)(F)F.[CH2-]OCc1ccccc1.[K+]. The van der Waals surface area contributed by atoms with Crippen molar-refractivity contribution in [2.75, 3.05) is 0 Å². The third-order valence-electron chi connectivity index (χ3n) is 1.11. The van der Waals surface area contributed by atoms with Gasteiger partial charge in [0.2, 0.25) is 0 Å². The Morgan fingerprint density at radius 2 is 0.880 bits per heavy atom. The van der Waals surface area contributed by atoms with Crippen LogP contribution in [-0.2, 0) is 11.3 Å². The van der Waals surface area contributed by atoms with Crippen LogP contribution in [0, 0.1) is 7.11 Å². The Morgan fingerprint density at radius 3 is 1.08 bits per heavy atom. The monoisotopic (exact) mass is 421 g/mol. The molecule has 144 valence electrons. The van der Waals surface area contributed by atoms with E-state index in [0.29, 0.717) is 6.61 Å². The molecule has 0 aliphatic rings. The van der Waals surface area contributed by atoms with Crippen LogP contribution in [0.2, 0.25) is 0 Å². The van der Waals surface area contributed by atoms with Gasteiger partial charge >= 0.3 is 73.1 Å². The van der Waals surface area contributed by atoms with Gasteiger partial charge in [-0.05, 0) is 5.56 Å². The summed E-state index contributed by atoms with van der Waals surface area (Å²) in [6.45, 7) is 0.598. The summed E-state index contributed by atoms with van der Waals surface area (Å²) in [5.41, 5.74) is 1.16. The zero-order chi connectivity index (χ0) is 20.0. The normalized spacial score (nSPS) is 10.6. The third kappa shape index (κ3) is 95.2. The van der Waals surface area contributed by atoms with Crippen molar-refractivity contribution in [1.82, 2.24) is 0 Å². The van der Waals surface area contributed by atoms with Crippen LogP contribution in [0.15, 0.2) is 30.3 Å². The number of hydrogen-bond acceptors (Lipinski definition) is 1. The molecular formula is C8H9B3F12KO-3. The molecule has 0 aromatic heterocycles. The van der Waals surface area contributed by atoms with Crippen LogP contribution < -0.4 is 51.4 Å². The zero-order valence-corrected chi connectivity index (χ0v) is 15.6. The van der Waals surface area contributed by atoms with E-state index in [4.69, 9.17) is 0 Å². The minimum atomic E-state index is -6.00. The fourth-order valence-electron chi connectivity index (χ4n) is 0.692. The number of rotatable bonds is 2. The molecule has 0 spiro atoms. The third-order valence-corrected chi connectivity index (χ3v) is 1.11. The Hall–Kier alpha value is 0.171. The topological polar surface area (TPSA) is 9.23 Å². The molecule has 0 N–H and O–H groups in total. The first kappa shape index (κ1) is 32.8. The van der Waals surface area contributed by atoms with Gasteiger partial charge in [-0.2, -0.15) is 0 Å². The van der Waals surface area contributed by atoms with Crippen LogP contribution in [0.1, 0.15) is 5.56 Å². The number of benzene rings is 1. The van der Waals surface area contributed by atoms with Crippen molar-refractivity contribution in [3.05, 3.63) is 43.0 Å². The van der Waals surface area contributed by atoms with Gasteiger partial charge in [0, 0.05) is 6.61 Å². The minimum absolute atomic E-state index is 0. The van der Waals surface area contributed by atoms with Crippen LogP contribution in [0.4, 0.5) is 51.8 Å². The molecule has 0 radical (unpaired) electrons. The molecule has 0 fully saturated rings. The average molecular weight is 421 g/mol. The molecule has 0 bridgehead atoms. The van der Waals surface area contributed by atoms with Gasteiger partial charge < -0.3 is 56.5 Å². The van der Waals surface area contributed by atoms with Gasteiger partial charge in [0.05, 0.1) is 0 Å². The van der Waals surface area contributed by atoms with E-state index in [-0.39, 0.29) is 51.4 Å². The standard InChI is InChI=1S/C8H9O.3BF4.K/c1-9-7-8-5-3-2-4-6-8;3*2-1(3,4)5;/h2-6H,1,7H2;;;;/q4*-1;+1. The van der Waals surface area contributed by atoms with E-state index in [0.717, 1.165) is 5.56 Å². The van der Waals surface area contributed by atoms with Gasteiger partial charge in [0.25, 0.3) is 0 Å². The van der Waals surface area contributed by atoms with E-state index in [1.807, 2.05) is 30.3 Å². The van der Waals surface area contributed by atoms with Gasteiger partial charge in [0.15, 0.2) is 0 Å². The maximum absolute atomic E-state index is 9.75. The maximum Gasteiger partial charge on any atom is 1.00 e. The second-order valence-corrected chi connectivity index (χ2v) is 3.32. The van der Waals surface area contributed by atoms with Crippen molar-refractivity contribution in [2.24, 2.45) is 0 Å². The quantitative estimate of drug-likeness (QED) is 0.406. The van der Waals surface area contributed by atoms with Crippen LogP contribution in [0.5, 0.6) is 0 Å². The summed E-state index contributed by atoms with van der Waals surface area (Å²) >= 11 is 0. The molecule has 17 heteroatoms. The minimum Gasteiger partial charge on any atom is -0.552 e. The van der Waals surface area contributed by atoms with E-state index in [9.17, 15) is 51.8 Å². The number of halogens is 12. The van der Waals surface area contributed by atoms with Crippen molar-refractivity contribution in [3.63, 3.8) is 0 Å². The predicted octanol–water partition coefficient (Wildman–Crippen LogP) is 2.90. The zero-order valence-electron chi connectivity index (χ0n) is 12.5. The first-order valence-electron chi connectivity index (χ1n) is 5.46. The van der Waals surface area contributed by atoms with Gasteiger partial charge in [-0.25, -0.2) is 7.11 Å². The van der Waals surface area contributed by atoms with Crippen LogP contribution in [-0.4, -0.2) is 21.8 Å². The molecule has 1 aromatic rings. The van der Waals surface area contributed by atoms with Gasteiger partial charge in [-0.15, -0.1) is 0 Å². The molecule has 0 saturated carbocycles. The van der Waals surface area contributed by atoms with E-state index in [1.165, 1.54) is 0 Å². The van der Waals surface area contributed by atoms with Crippen molar-refractivity contribution in [3.8, 4) is 0 Å².